The number of carbonyl (C=O) groups excluding carboxylic acids is 1. The number of anilines is 1. The maximum absolute atomic E-state index is 13.7. The largest absolute Gasteiger partial charge is 0.492 e. The molecule has 1 N–H and O–H groups in total. The van der Waals surface area contributed by atoms with Crippen LogP contribution in [0.4, 0.5) is 10.2 Å². The summed E-state index contributed by atoms with van der Waals surface area (Å²) in [5, 5.41) is 7.79. The van der Waals surface area contributed by atoms with Crippen LogP contribution in [-0.4, -0.2) is 33.9 Å². The summed E-state index contributed by atoms with van der Waals surface area (Å²) in [6, 6.07) is 13.4. The third kappa shape index (κ3) is 4.11. The molecule has 0 fully saturated rings. The molecule has 1 amide bonds. The summed E-state index contributed by atoms with van der Waals surface area (Å²) >= 11 is 1.43. The van der Waals surface area contributed by atoms with Gasteiger partial charge in [-0.05, 0) is 38.1 Å². The Morgan fingerprint density at radius 2 is 1.97 bits per heavy atom. The Kier molecular flexibility index (Phi) is 5.62. The molecule has 2 heterocycles. The highest BCUT2D eigenvalue weighted by atomic mass is 32.1. The van der Waals surface area contributed by atoms with Crippen molar-refractivity contribution in [3.8, 4) is 16.6 Å². The van der Waals surface area contributed by atoms with Crippen molar-refractivity contribution in [3.05, 3.63) is 60.0 Å². The molecule has 4 aromatic rings. The van der Waals surface area contributed by atoms with E-state index >= 15 is 0 Å². The first kappa shape index (κ1) is 19.8. The molecule has 0 aliphatic heterocycles. The minimum absolute atomic E-state index is 0.0203. The number of aromatic nitrogens is 3. The van der Waals surface area contributed by atoms with Crippen molar-refractivity contribution in [2.24, 2.45) is 0 Å². The molecule has 2 aromatic carbocycles. The van der Waals surface area contributed by atoms with Gasteiger partial charge < -0.3 is 14.8 Å². The number of nitrogens with one attached hydrogen (secondary N) is 1. The lowest BCUT2D eigenvalue weighted by atomic mass is 10.3. The lowest BCUT2D eigenvalue weighted by Crippen LogP contribution is -2.22. The van der Waals surface area contributed by atoms with Crippen molar-refractivity contribution in [1.82, 2.24) is 14.8 Å². The minimum atomic E-state index is -0.522. The van der Waals surface area contributed by atoms with Gasteiger partial charge in [-0.15, -0.1) is 0 Å². The summed E-state index contributed by atoms with van der Waals surface area (Å²) in [5.41, 5.74) is 1.46. The van der Waals surface area contributed by atoms with Gasteiger partial charge in [-0.3, -0.25) is 4.79 Å². The van der Waals surface area contributed by atoms with E-state index in [9.17, 15) is 9.18 Å². The van der Waals surface area contributed by atoms with Gasteiger partial charge in [-0.1, -0.05) is 29.5 Å². The zero-order valence-electron chi connectivity index (χ0n) is 16.4. The number of fused-ring (bicyclic) bond motifs is 1. The fourth-order valence-corrected chi connectivity index (χ4v) is 3.84. The number of nitrogens with zero attached hydrogens (tertiary/aromatic N) is 3. The summed E-state index contributed by atoms with van der Waals surface area (Å²) in [7, 11) is 0. The lowest BCUT2D eigenvalue weighted by molar-refractivity contribution is -0.118. The number of hydrogen-bond donors (Lipinski definition) is 1. The zero-order chi connectivity index (χ0) is 21.1. The molecule has 30 heavy (non-hydrogen) atoms. The number of aryl methyl sites for hydroxylation is 1. The first-order valence-corrected chi connectivity index (χ1v) is 10.1. The predicted octanol–water partition coefficient (Wildman–Crippen LogP) is 4.35. The number of hydrogen-bond acceptors (Lipinski definition) is 6. The quantitative estimate of drug-likeness (QED) is 0.475. The summed E-state index contributed by atoms with van der Waals surface area (Å²) in [4.78, 5) is 17.0. The summed E-state index contributed by atoms with van der Waals surface area (Å²) in [6.45, 7) is 3.94. The van der Waals surface area contributed by atoms with Crippen molar-refractivity contribution >= 4 is 33.3 Å². The average Bonchev–Trinajstić information content (AvgIpc) is 3.31. The van der Waals surface area contributed by atoms with E-state index in [-0.39, 0.29) is 12.4 Å². The highest BCUT2D eigenvalue weighted by Gasteiger charge is 2.17. The van der Waals surface area contributed by atoms with E-state index in [1.54, 1.807) is 22.9 Å². The van der Waals surface area contributed by atoms with Gasteiger partial charge in [0.05, 0.1) is 17.0 Å². The van der Waals surface area contributed by atoms with Gasteiger partial charge in [0, 0.05) is 6.07 Å². The highest BCUT2D eigenvalue weighted by molar-refractivity contribution is 7.20. The fraction of sp³-hybridized carbons (Fsp3) is 0.190. The number of rotatable bonds is 7. The lowest BCUT2D eigenvalue weighted by Gasteiger charge is -2.08. The minimum Gasteiger partial charge on any atom is -0.492 e. The normalized spacial score (nSPS) is 10.9. The van der Waals surface area contributed by atoms with Crippen LogP contribution >= 0.6 is 11.3 Å². The second kappa shape index (κ2) is 8.50. The van der Waals surface area contributed by atoms with Gasteiger partial charge in [0.25, 0.3) is 5.91 Å². The Morgan fingerprint density at radius 1 is 1.17 bits per heavy atom. The fourth-order valence-electron chi connectivity index (χ4n) is 2.89. The summed E-state index contributed by atoms with van der Waals surface area (Å²) in [6.07, 6.45) is 0. The van der Waals surface area contributed by atoms with E-state index in [0.29, 0.717) is 29.0 Å². The maximum atomic E-state index is 13.7. The van der Waals surface area contributed by atoms with Gasteiger partial charge >= 0.3 is 0 Å². The van der Waals surface area contributed by atoms with Crippen LogP contribution in [0.1, 0.15) is 12.6 Å². The average molecular weight is 426 g/mol. The van der Waals surface area contributed by atoms with Crippen LogP contribution in [-0.2, 0) is 4.79 Å². The van der Waals surface area contributed by atoms with E-state index < -0.39 is 11.7 Å². The third-order valence-corrected chi connectivity index (χ3v) is 5.14. The molecule has 0 aliphatic carbocycles. The molecule has 0 radical (unpaired) electrons. The number of carbonyl (C=O) groups is 1. The van der Waals surface area contributed by atoms with Gasteiger partial charge in [0.15, 0.2) is 18.2 Å². The number of thiazole rings is 1. The SMILES string of the molecule is CCOc1cccc2sc(-n3nc(C)cc3NC(=O)COc3ccccc3F)nc12. The van der Waals surface area contributed by atoms with Crippen LogP contribution in [0.2, 0.25) is 0 Å². The van der Waals surface area contributed by atoms with Crippen molar-refractivity contribution in [2.75, 3.05) is 18.5 Å². The molecule has 0 aliphatic rings. The van der Waals surface area contributed by atoms with Crippen molar-refractivity contribution in [3.63, 3.8) is 0 Å². The van der Waals surface area contributed by atoms with Gasteiger partial charge in [-0.2, -0.15) is 9.78 Å². The summed E-state index contributed by atoms with van der Waals surface area (Å²) < 4.78 is 27.1. The van der Waals surface area contributed by atoms with E-state index in [1.165, 1.54) is 23.5 Å². The molecule has 154 valence electrons. The number of para-hydroxylation sites is 2. The summed E-state index contributed by atoms with van der Waals surface area (Å²) in [5.74, 6) is 0.213. The van der Waals surface area contributed by atoms with Gasteiger partial charge in [0.2, 0.25) is 5.13 Å². The second-order valence-electron chi connectivity index (χ2n) is 6.38. The van der Waals surface area contributed by atoms with Crippen molar-refractivity contribution < 1.29 is 18.7 Å². The van der Waals surface area contributed by atoms with Crippen molar-refractivity contribution in [2.45, 2.75) is 13.8 Å². The van der Waals surface area contributed by atoms with Crippen molar-refractivity contribution in [1.29, 1.82) is 0 Å². The number of halogens is 1. The Hall–Kier alpha value is -3.46. The first-order valence-electron chi connectivity index (χ1n) is 9.31. The Labute approximate surface area is 176 Å². The molecule has 0 unspecified atom stereocenters. The second-order valence-corrected chi connectivity index (χ2v) is 7.39. The molecule has 9 heteroatoms. The first-order chi connectivity index (χ1) is 14.5. The van der Waals surface area contributed by atoms with E-state index in [4.69, 9.17) is 9.47 Å². The monoisotopic (exact) mass is 426 g/mol. The molecule has 4 rings (SSSR count). The Morgan fingerprint density at radius 3 is 2.77 bits per heavy atom. The molecule has 7 nitrogen and oxygen atoms in total. The molecule has 2 aromatic heterocycles. The third-order valence-electron chi connectivity index (χ3n) is 4.15. The predicted molar refractivity (Wildman–Crippen MR) is 113 cm³/mol. The number of amides is 1. The van der Waals surface area contributed by atoms with Crippen LogP contribution in [0.15, 0.2) is 48.5 Å². The Balaban J connectivity index is 1.55. The Bertz CT molecular complexity index is 1200. The standard InChI is InChI=1S/C21H19FN4O3S/c1-3-28-16-9-6-10-17-20(16)24-21(30-17)26-18(11-13(2)25-26)23-19(27)12-29-15-8-5-4-7-14(15)22/h4-11H,3,12H2,1-2H3,(H,23,27). The van der Waals surface area contributed by atoms with Crippen LogP contribution in [0.3, 0.4) is 0 Å². The highest BCUT2D eigenvalue weighted by Crippen LogP contribution is 2.32. The van der Waals surface area contributed by atoms with E-state index in [0.717, 1.165) is 10.2 Å². The molecular weight excluding hydrogens is 407 g/mol. The van der Waals surface area contributed by atoms with Crippen LogP contribution < -0.4 is 14.8 Å². The molecule has 0 atom stereocenters. The van der Waals surface area contributed by atoms with Crippen LogP contribution in [0.5, 0.6) is 11.5 Å². The van der Waals surface area contributed by atoms with Crippen LogP contribution in [0.25, 0.3) is 15.3 Å². The molecule has 0 spiro atoms. The van der Waals surface area contributed by atoms with Gasteiger partial charge in [-0.25, -0.2) is 9.37 Å². The van der Waals surface area contributed by atoms with Crippen LogP contribution in [0, 0.1) is 12.7 Å². The molecule has 0 saturated carbocycles. The van der Waals surface area contributed by atoms with E-state index in [2.05, 4.69) is 15.4 Å². The maximum Gasteiger partial charge on any atom is 0.263 e. The molecular formula is C21H19FN4O3S. The number of benzene rings is 2. The molecule has 0 saturated heterocycles. The van der Waals surface area contributed by atoms with E-state index in [1.807, 2.05) is 32.0 Å². The van der Waals surface area contributed by atoms with Gasteiger partial charge in [0.1, 0.15) is 17.1 Å². The smallest absolute Gasteiger partial charge is 0.263 e. The topological polar surface area (TPSA) is 78.3 Å². The zero-order valence-corrected chi connectivity index (χ0v) is 17.2. The number of ether oxygens (including phenoxy) is 2. The molecule has 0 bridgehead atoms.